The van der Waals surface area contributed by atoms with Crippen LogP contribution in [0.25, 0.3) is 0 Å². The number of ketones is 2. The van der Waals surface area contributed by atoms with E-state index in [2.05, 4.69) is 17.1 Å². The molecule has 24 heavy (non-hydrogen) atoms. The maximum absolute atomic E-state index is 12.4. The molecular formula is C20H18N2O2. The van der Waals surface area contributed by atoms with E-state index < -0.39 is 0 Å². The van der Waals surface area contributed by atoms with E-state index in [0.29, 0.717) is 11.3 Å². The van der Waals surface area contributed by atoms with Crippen molar-refractivity contribution < 1.29 is 9.59 Å². The fraction of sp³-hybridized carbons (Fsp3) is 0.150. The summed E-state index contributed by atoms with van der Waals surface area (Å²) in [5, 5.41) is 0. The fourth-order valence-corrected chi connectivity index (χ4v) is 2.58. The summed E-state index contributed by atoms with van der Waals surface area (Å²) in [4.78, 5) is 28.5. The Morgan fingerprint density at radius 1 is 0.958 bits per heavy atom. The van der Waals surface area contributed by atoms with Crippen LogP contribution in [0.1, 0.15) is 38.4 Å². The number of carbonyl (C=O) groups excluding carboxylic acids is 2. The van der Waals surface area contributed by atoms with Crippen molar-refractivity contribution in [2.75, 3.05) is 0 Å². The molecule has 0 bridgehead atoms. The van der Waals surface area contributed by atoms with Crippen LogP contribution in [0.4, 0.5) is 0 Å². The van der Waals surface area contributed by atoms with Crippen LogP contribution in [-0.4, -0.2) is 21.1 Å². The van der Waals surface area contributed by atoms with Crippen LogP contribution in [-0.2, 0) is 13.5 Å². The summed E-state index contributed by atoms with van der Waals surface area (Å²) in [5.74, 6) is -0.436. The lowest BCUT2D eigenvalue weighted by molar-refractivity contribution is 0.0891. The molecule has 1 aromatic heterocycles. The van der Waals surface area contributed by atoms with Crippen molar-refractivity contribution in [2.45, 2.75) is 12.8 Å². The number of imidazole rings is 1. The van der Waals surface area contributed by atoms with Crippen LogP contribution in [0.5, 0.6) is 0 Å². The van der Waals surface area contributed by atoms with Gasteiger partial charge in [-0.15, -0.1) is 0 Å². The van der Waals surface area contributed by atoms with E-state index in [1.807, 2.05) is 36.4 Å². The third-order valence-corrected chi connectivity index (χ3v) is 3.81. The molecule has 0 aliphatic rings. The van der Waals surface area contributed by atoms with Gasteiger partial charge in [0.25, 0.3) is 0 Å². The average Bonchev–Trinajstić information content (AvgIpc) is 3.03. The Bertz CT molecular complexity index is 866. The molecule has 0 atom stereocenters. The largest absolute Gasteiger partial charge is 0.340 e. The van der Waals surface area contributed by atoms with Crippen molar-refractivity contribution in [3.05, 3.63) is 89.5 Å². The SMILES string of the molecule is Cn1cnc(C(=O)CC(=O)c2cccc(Cc3ccccc3)c2)c1. The number of aryl methyl sites for hydroxylation is 1. The molecule has 1 heterocycles. The molecule has 0 saturated carbocycles. The highest BCUT2D eigenvalue weighted by Gasteiger charge is 2.16. The van der Waals surface area contributed by atoms with Gasteiger partial charge in [0.15, 0.2) is 11.6 Å². The number of carbonyl (C=O) groups is 2. The minimum atomic E-state index is -0.255. The molecule has 4 heteroatoms. The molecule has 3 aromatic rings. The fourth-order valence-electron chi connectivity index (χ4n) is 2.58. The van der Waals surface area contributed by atoms with Crippen molar-refractivity contribution in [3.8, 4) is 0 Å². The van der Waals surface area contributed by atoms with Crippen molar-refractivity contribution in [3.63, 3.8) is 0 Å². The van der Waals surface area contributed by atoms with Gasteiger partial charge in [0.05, 0.1) is 12.7 Å². The van der Waals surface area contributed by atoms with Crippen molar-refractivity contribution in [1.82, 2.24) is 9.55 Å². The number of nitrogens with zero attached hydrogens (tertiary/aromatic N) is 2. The monoisotopic (exact) mass is 318 g/mol. The van der Waals surface area contributed by atoms with Crippen LogP contribution < -0.4 is 0 Å². The molecule has 2 aromatic carbocycles. The van der Waals surface area contributed by atoms with E-state index in [-0.39, 0.29) is 18.0 Å². The normalized spacial score (nSPS) is 10.5. The Labute approximate surface area is 140 Å². The van der Waals surface area contributed by atoms with Crippen LogP contribution in [0.3, 0.4) is 0 Å². The smallest absolute Gasteiger partial charge is 0.190 e. The van der Waals surface area contributed by atoms with Gasteiger partial charge in [-0.05, 0) is 23.6 Å². The first kappa shape index (κ1) is 15.9. The first-order valence-electron chi connectivity index (χ1n) is 7.79. The minimum absolute atomic E-state index is 0.161. The number of rotatable bonds is 6. The quantitative estimate of drug-likeness (QED) is 0.516. The second-order valence-corrected chi connectivity index (χ2v) is 5.81. The van der Waals surface area contributed by atoms with E-state index in [4.69, 9.17) is 0 Å². The summed E-state index contributed by atoms with van der Waals surface area (Å²) >= 11 is 0. The van der Waals surface area contributed by atoms with Crippen LogP contribution in [0.15, 0.2) is 67.1 Å². The minimum Gasteiger partial charge on any atom is -0.340 e. The number of benzene rings is 2. The second-order valence-electron chi connectivity index (χ2n) is 5.81. The summed E-state index contributed by atoms with van der Waals surface area (Å²) in [5.41, 5.74) is 3.13. The van der Waals surface area contributed by atoms with Gasteiger partial charge in [-0.2, -0.15) is 0 Å². The Morgan fingerprint density at radius 2 is 1.71 bits per heavy atom. The predicted molar refractivity (Wildman–Crippen MR) is 92.2 cm³/mol. The summed E-state index contributed by atoms with van der Waals surface area (Å²) < 4.78 is 1.69. The van der Waals surface area contributed by atoms with E-state index >= 15 is 0 Å². The van der Waals surface area contributed by atoms with Crippen LogP contribution in [0.2, 0.25) is 0 Å². The molecule has 0 spiro atoms. The third-order valence-electron chi connectivity index (χ3n) is 3.81. The van der Waals surface area contributed by atoms with Crippen molar-refractivity contribution in [2.24, 2.45) is 7.05 Å². The Kier molecular flexibility index (Phi) is 4.66. The van der Waals surface area contributed by atoms with Crippen LogP contribution >= 0.6 is 0 Å². The summed E-state index contributed by atoms with van der Waals surface area (Å²) in [7, 11) is 1.79. The van der Waals surface area contributed by atoms with E-state index in [1.165, 1.54) is 5.56 Å². The average molecular weight is 318 g/mol. The Morgan fingerprint density at radius 3 is 2.42 bits per heavy atom. The molecule has 3 rings (SSSR count). The first-order chi connectivity index (χ1) is 11.6. The molecule has 0 amide bonds. The van der Waals surface area contributed by atoms with E-state index in [1.54, 1.807) is 30.2 Å². The highest BCUT2D eigenvalue weighted by molar-refractivity contribution is 6.12. The summed E-state index contributed by atoms with van der Waals surface area (Å²) in [6.07, 6.45) is 3.78. The van der Waals surface area contributed by atoms with Gasteiger partial charge in [0.2, 0.25) is 0 Å². The lowest BCUT2D eigenvalue weighted by Crippen LogP contribution is -2.09. The van der Waals surface area contributed by atoms with Gasteiger partial charge < -0.3 is 4.57 Å². The number of hydrogen-bond donors (Lipinski definition) is 0. The van der Waals surface area contributed by atoms with Gasteiger partial charge in [0, 0.05) is 18.8 Å². The molecule has 0 fully saturated rings. The zero-order valence-corrected chi connectivity index (χ0v) is 13.5. The number of Topliss-reactive ketones (excluding diaryl/α,β-unsaturated/α-hetero) is 2. The predicted octanol–water partition coefficient (Wildman–Crippen LogP) is 3.47. The van der Waals surface area contributed by atoms with E-state index in [0.717, 1.165) is 12.0 Å². The second kappa shape index (κ2) is 7.04. The molecule has 0 aliphatic heterocycles. The van der Waals surface area contributed by atoms with E-state index in [9.17, 15) is 9.59 Å². The molecule has 120 valence electrons. The van der Waals surface area contributed by atoms with Gasteiger partial charge in [-0.25, -0.2) is 4.98 Å². The summed E-state index contributed by atoms with van der Waals surface area (Å²) in [6.45, 7) is 0. The standard InChI is InChI=1S/C20H18N2O2/c1-22-13-18(21-14-22)20(24)12-19(23)17-9-5-8-16(11-17)10-15-6-3-2-4-7-15/h2-9,11,13-14H,10,12H2,1H3. The lowest BCUT2D eigenvalue weighted by atomic mass is 9.99. The summed E-state index contributed by atoms with van der Waals surface area (Å²) in [6, 6.07) is 17.5. The zero-order valence-electron chi connectivity index (χ0n) is 13.5. The maximum atomic E-state index is 12.4. The molecule has 0 radical (unpaired) electrons. The number of hydrogen-bond acceptors (Lipinski definition) is 3. The van der Waals surface area contributed by atoms with Crippen molar-refractivity contribution >= 4 is 11.6 Å². The van der Waals surface area contributed by atoms with Gasteiger partial charge in [0.1, 0.15) is 5.69 Å². The Hall–Kier alpha value is -3.01. The topological polar surface area (TPSA) is 52.0 Å². The molecule has 0 saturated heterocycles. The number of aromatic nitrogens is 2. The van der Waals surface area contributed by atoms with Crippen LogP contribution in [0, 0.1) is 0 Å². The highest BCUT2D eigenvalue weighted by atomic mass is 16.1. The van der Waals surface area contributed by atoms with Gasteiger partial charge in [-0.1, -0.05) is 48.5 Å². The zero-order chi connectivity index (χ0) is 16.9. The Balaban J connectivity index is 1.71. The third kappa shape index (κ3) is 3.84. The molecule has 0 unspecified atom stereocenters. The lowest BCUT2D eigenvalue weighted by Gasteiger charge is -2.05. The molecule has 0 aliphatic carbocycles. The van der Waals surface area contributed by atoms with Crippen molar-refractivity contribution in [1.29, 1.82) is 0 Å². The molecule has 0 N–H and O–H groups in total. The first-order valence-corrected chi connectivity index (χ1v) is 7.79. The maximum Gasteiger partial charge on any atom is 0.190 e. The van der Waals surface area contributed by atoms with Gasteiger partial charge in [-0.3, -0.25) is 9.59 Å². The molecular weight excluding hydrogens is 300 g/mol. The highest BCUT2D eigenvalue weighted by Crippen LogP contribution is 2.14. The van der Waals surface area contributed by atoms with Gasteiger partial charge >= 0.3 is 0 Å². The molecule has 4 nitrogen and oxygen atoms in total.